The van der Waals surface area contributed by atoms with E-state index in [1.54, 1.807) is 7.11 Å². The zero-order valence-electron chi connectivity index (χ0n) is 14.4. The molecule has 0 aliphatic heterocycles. The standard InChI is InChI=1S/C18H24N2O3/c1-11(7-9-16(21)22-4)6-8-14-17(20)15(10-19)12(2)13(3)18(14)23-5/h6H,7-9,20H2,1-5H3/b11-6+. The number of carbonyl (C=O) groups is 1. The smallest absolute Gasteiger partial charge is 0.305 e. The van der Waals surface area contributed by atoms with Crippen molar-refractivity contribution >= 4 is 11.7 Å². The maximum atomic E-state index is 11.2. The Bertz CT molecular complexity index is 666. The van der Waals surface area contributed by atoms with Crippen molar-refractivity contribution in [3.8, 4) is 11.8 Å². The number of nitrogen functional groups attached to an aromatic ring is 1. The highest BCUT2D eigenvalue weighted by atomic mass is 16.5. The van der Waals surface area contributed by atoms with E-state index in [9.17, 15) is 10.1 Å². The van der Waals surface area contributed by atoms with Gasteiger partial charge in [-0.1, -0.05) is 11.6 Å². The average molecular weight is 316 g/mol. The molecule has 5 heteroatoms. The van der Waals surface area contributed by atoms with Crippen LogP contribution in [0.1, 0.15) is 42.0 Å². The molecule has 0 radical (unpaired) electrons. The molecule has 0 saturated heterocycles. The molecule has 0 atom stereocenters. The number of hydrogen-bond donors (Lipinski definition) is 1. The fourth-order valence-electron chi connectivity index (χ4n) is 2.46. The lowest BCUT2D eigenvalue weighted by molar-refractivity contribution is -0.140. The summed E-state index contributed by atoms with van der Waals surface area (Å²) in [6, 6.07) is 2.17. The number of rotatable bonds is 6. The van der Waals surface area contributed by atoms with Crippen LogP contribution in [-0.2, 0) is 16.0 Å². The van der Waals surface area contributed by atoms with Crippen LogP contribution in [0.25, 0.3) is 0 Å². The van der Waals surface area contributed by atoms with Crippen molar-refractivity contribution in [2.75, 3.05) is 20.0 Å². The third kappa shape index (κ3) is 4.26. The number of nitrogens with zero attached hydrogens (tertiary/aromatic N) is 1. The van der Waals surface area contributed by atoms with Crippen LogP contribution in [0.15, 0.2) is 11.6 Å². The molecule has 0 heterocycles. The third-order valence-electron chi connectivity index (χ3n) is 4.07. The van der Waals surface area contributed by atoms with E-state index in [1.165, 1.54) is 7.11 Å². The van der Waals surface area contributed by atoms with Crippen LogP contribution in [0.2, 0.25) is 0 Å². The summed E-state index contributed by atoms with van der Waals surface area (Å²) in [6.45, 7) is 5.75. The molecule has 0 amide bonds. The number of allylic oxidation sites excluding steroid dienone is 2. The Kier molecular flexibility index (Phi) is 6.65. The molecule has 0 aliphatic carbocycles. The van der Waals surface area contributed by atoms with Gasteiger partial charge in [-0.05, 0) is 44.7 Å². The monoisotopic (exact) mass is 316 g/mol. The predicted molar refractivity (Wildman–Crippen MR) is 90.3 cm³/mol. The van der Waals surface area contributed by atoms with Gasteiger partial charge in [-0.2, -0.15) is 5.26 Å². The topological polar surface area (TPSA) is 85.3 Å². The molecule has 0 spiro atoms. The summed E-state index contributed by atoms with van der Waals surface area (Å²) in [4.78, 5) is 11.2. The number of nitrogens with two attached hydrogens (primary N) is 1. The van der Waals surface area contributed by atoms with E-state index in [-0.39, 0.29) is 5.97 Å². The molecule has 1 aromatic carbocycles. The lowest BCUT2D eigenvalue weighted by Crippen LogP contribution is -2.06. The Hall–Kier alpha value is -2.48. The first-order valence-electron chi connectivity index (χ1n) is 7.45. The summed E-state index contributed by atoms with van der Waals surface area (Å²) < 4.78 is 10.1. The number of methoxy groups -OCH3 is 2. The molecule has 5 nitrogen and oxygen atoms in total. The van der Waals surface area contributed by atoms with Crippen LogP contribution in [0.4, 0.5) is 5.69 Å². The molecule has 1 rings (SSSR count). The molecular formula is C18H24N2O3. The fraction of sp³-hybridized carbons (Fsp3) is 0.444. The van der Waals surface area contributed by atoms with Crippen LogP contribution in [0.3, 0.4) is 0 Å². The molecule has 0 aromatic heterocycles. The van der Waals surface area contributed by atoms with Gasteiger partial charge in [0.2, 0.25) is 0 Å². The van der Waals surface area contributed by atoms with Crippen LogP contribution in [0, 0.1) is 25.2 Å². The SMILES string of the molecule is COC(=O)CC/C(C)=C/Cc1c(N)c(C#N)c(C)c(C)c1OC. The van der Waals surface area contributed by atoms with Crippen molar-refractivity contribution in [1.82, 2.24) is 0 Å². The second-order valence-corrected chi connectivity index (χ2v) is 5.49. The minimum Gasteiger partial charge on any atom is -0.496 e. The van der Waals surface area contributed by atoms with Crippen molar-refractivity contribution in [2.24, 2.45) is 0 Å². The quantitative estimate of drug-likeness (QED) is 0.495. The second-order valence-electron chi connectivity index (χ2n) is 5.49. The summed E-state index contributed by atoms with van der Waals surface area (Å²) in [5.74, 6) is 0.490. The van der Waals surface area contributed by atoms with Gasteiger partial charge in [-0.25, -0.2) is 0 Å². The highest BCUT2D eigenvalue weighted by molar-refractivity contribution is 5.70. The van der Waals surface area contributed by atoms with Gasteiger partial charge in [0, 0.05) is 12.0 Å². The number of ether oxygens (including phenoxy) is 2. The first-order valence-corrected chi connectivity index (χ1v) is 7.45. The van der Waals surface area contributed by atoms with Gasteiger partial charge in [0.1, 0.15) is 11.8 Å². The molecule has 2 N–H and O–H groups in total. The van der Waals surface area contributed by atoms with E-state index >= 15 is 0 Å². The maximum Gasteiger partial charge on any atom is 0.305 e. The van der Waals surface area contributed by atoms with Crippen LogP contribution < -0.4 is 10.5 Å². The van der Waals surface area contributed by atoms with Gasteiger partial charge < -0.3 is 15.2 Å². The normalized spacial score (nSPS) is 11.0. The highest BCUT2D eigenvalue weighted by Gasteiger charge is 2.18. The van der Waals surface area contributed by atoms with Gasteiger partial charge in [0.25, 0.3) is 0 Å². The van der Waals surface area contributed by atoms with Gasteiger partial charge in [-0.3, -0.25) is 4.79 Å². The summed E-state index contributed by atoms with van der Waals surface area (Å²) in [6.07, 6.45) is 3.54. The minimum atomic E-state index is -0.229. The number of carbonyl (C=O) groups excluding carboxylic acids is 1. The molecule has 0 saturated carbocycles. The summed E-state index contributed by atoms with van der Waals surface area (Å²) in [5, 5.41) is 9.32. The number of esters is 1. The lowest BCUT2D eigenvalue weighted by atomic mass is 9.94. The first kappa shape index (κ1) is 18.6. The molecule has 124 valence electrons. The molecule has 0 aliphatic rings. The molecule has 1 aromatic rings. The Balaban J connectivity index is 3.11. The molecular weight excluding hydrogens is 292 g/mol. The Morgan fingerprint density at radius 1 is 1.26 bits per heavy atom. The van der Waals surface area contributed by atoms with E-state index in [4.69, 9.17) is 10.5 Å². The van der Waals surface area contributed by atoms with Gasteiger partial charge in [0.05, 0.1) is 25.5 Å². The van der Waals surface area contributed by atoms with E-state index in [0.717, 1.165) is 28.0 Å². The fourth-order valence-corrected chi connectivity index (χ4v) is 2.46. The Morgan fingerprint density at radius 3 is 2.43 bits per heavy atom. The highest BCUT2D eigenvalue weighted by Crippen LogP contribution is 2.35. The largest absolute Gasteiger partial charge is 0.496 e. The van der Waals surface area contributed by atoms with E-state index in [0.29, 0.717) is 30.5 Å². The molecule has 0 fully saturated rings. The van der Waals surface area contributed by atoms with E-state index in [2.05, 4.69) is 10.8 Å². The van der Waals surface area contributed by atoms with Gasteiger partial charge in [0.15, 0.2) is 0 Å². The van der Waals surface area contributed by atoms with Crippen molar-refractivity contribution in [3.63, 3.8) is 0 Å². The molecule has 0 unspecified atom stereocenters. The van der Waals surface area contributed by atoms with Crippen LogP contribution in [-0.4, -0.2) is 20.2 Å². The Morgan fingerprint density at radius 2 is 1.91 bits per heavy atom. The number of nitriles is 1. The van der Waals surface area contributed by atoms with Crippen molar-refractivity contribution in [2.45, 2.75) is 40.0 Å². The number of benzene rings is 1. The van der Waals surface area contributed by atoms with E-state index < -0.39 is 0 Å². The molecule has 0 bridgehead atoms. The van der Waals surface area contributed by atoms with Crippen LogP contribution >= 0.6 is 0 Å². The van der Waals surface area contributed by atoms with Gasteiger partial charge >= 0.3 is 5.97 Å². The summed E-state index contributed by atoms with van der Waals surface area (Å²) in [5.41, 5.74) is 10.8. The van der Waals surface area contributed by atoms with Crippen molar-refractivity contribution in [1.29, 1.82) is 5.26 Å². The lowest BCUT2D eigenvalue weighted by Gasteiger charge is -2.17. The Labute approximate surface area is 137 Å². The maximum absolute atomic E-state index is 11.2. The van der Waals surface area contributed by atoms with Gasteiger partial charge in [-0.15, -0.1) is 0 Å². The summed E-state index contributed by atoms with van der Waals surface area (Å²) >= 11 is 0. The first-order chi connectivity index (χ1) is 10.9. The summed E-state index contributed by atoms with van der Waals surface area (Å²) in [7, 11) is 2.98. The zero-order chi connectivity index (χ0) is 17.6. The number of hydrogen-bond acceptors (Lipinski definition) is 5. The third-order valence-corrected chi connectivity index (χ3v) is 4.07. The minimum absolute atomic E-state index is 0.229. The van der Waals surface area contributed by atoms with E-state index in [1.807, 2.05) is 26.8 Å². The van der Waals surface area contributed by atoms with Crippen molar-refractivity contribution < 1.29 is 14.3 Å². The average Bonchev–Trinajstić information content (AvgIpc) is 2.55. The predicted octanol–water partition coefficient (Wildman–Crippen LogP) is 3.21. The van der Waals surface area contributed by atoms with Crippen LogP contribution in [0.5, 0.6) is 5.75 Å². The number of anilines is 1. The second kappa shape index (κ2) is 8.23. The molecule has 23 heavy (non-hydrogen) atoms. The zero-order valence-corrected chi connectivity index (χ0v) is 14.4. The van der Waals surface area contributed by atoms with Crippen molar-refractivity contribution in [3.05, 3.63) is 33.9 Å².